The van der Waals surface area contributed by atoms with Crippen molar-refractivity contribution in [2.75, 3.05) is 19.6 Å². The van der Waals surface area contributed by atoms with Crippen molar-refractivity contribution >= 4 is 0 Å². The van der Waals surface area contributed by atoms with E-state index in [1.165, 1.54) is 58.2 Å². The number of nitrogens with one attached hydrogen (secondary N) is 1. The summed E-state index contributed by atoms with van der Waals surface area (Å²) in [6, 6.07) is 0.729. The molecule has 2 nitrogen and oxygen atoms in total. The highest BCUT2D eigenvalue weighted by atomic mass is 15.1. The minimum absolute atomic E-state index is 0.447. The summed E-state index contributed by atoms with van der Waals surface area (Å²) in [5.74, 6) is 1.72. The van der Waals surface area contributed by atoms with Gasteiger partial charge in [-0.05, 0) is 77.4 Å². The Kier molecular flexibility index (Phi) is 5.30. The maximum absolute atomic E-state index is 3.90. The highest BCUT2D eigenvalue weighted by molar-refractivity contribution is 4.96. The standard InChI is InChI=1S/C17H34N2/c1-14(2)17(9-5-6-10-18-17)13-16-7-11-19(12-8-16)15(3)4/h14-16,18H,5-13H2,1-4H3. The largest absolute Gasteiger partial charge is 0.311 e. The summed E-state index contributed by atoms with van der Waals surface area (Å²) >= 11 is 0. The van der Waals surface area contributed by atoms with E-state index in [1.54, 1.807) is 0 Å². The van der Waals surface area contributed by atoms with Crippen molar-refractivity contribution in [2.24, 2.45) is 11.8 Å². The fourth-order valence-corrected chi connectivity index (χ4v) is 4.08. The first-order valence-electron chi connectivity index (χ1n) is 8.52. The third kappa shape index (κ3) is 3.72. The molecular formula is C17H34N2. The van der Waals surface area contributed by atoms with Crippen molar-refractivity contribution in [1.29, 1.82) is 0 Å². The van der Waals surface area contributed by atoms with Gasteiger partial charge in [-0.1, -0.05) is 20.3 Å². The molecule has 1 unspecified atom stereocenters. The molecule has 2 aliphatic heterocycles. The molecule has 2 aliphatic rings. The van der Waals surface area contributed by atoms with Gasteiger partial charge in [0.05, 0.1) is 0 Å². The molecule has 2 saturated heterocycles. The predicted octanol–water partition coefficient (Wildman–Crippen LogP) is 3.67. The lowest BCUT2D eigenvalue weighted by Gasteiger charge is -2.46. The SMILES string of the molecule is CC(C)N1CCC(CC2(C(C)C)CCCCN2)CC1. The molecule has 19 heavy (non-hydrogen) atoms. The summed E-state index contributed by atoms with van der Waals surface area (Å²) in [5, 5.41) is 3.90. The van der Waals surface area contributed by atoms with Gasteiger partial charge >= 0.3 is 0 Å². The third-order valence-corrected chi connectivity index (χ3v) is 5.66. The number of likely N-dealkylation sites (tertiary alicyclic amines) is 1. The van der Waals surface area contributed by atoms with Crippen molar-refractivity contribution in [3.8, 4) is 0 Å². The van der Waals surface area contributed by atoms with Crippen LogP contribution < -0.4 is 5.32 Å². The van der Waals surface area contributed by atoms with Crippen LogP contribution in [0.1, 0.15) is 66.2 Å². The quantitative estimate of drug-likeness (QED) is 0.835. The second kappa shape index (κ2) is 6.58. The topological polar surface area (TPSA) is 15.3 Å². The zero-order valence-corrected chi connectivity index (χ0v) is 13.5. The molecule has 0 aromatic rings. The van der Waals surface area contributed by atoms with Crippen LogP contribution in [0.15, 0.2) is 0 Å². The number of nitrogens with zero attached hydrogens (tertiary/aromatic N) is 1. The second-order valence-corrected chi connectivity index (χ2v) is 7.47. The van der Waals surface area contributed by atoms with Crippen molar-refractivity contribution in [3.63, 3.8) is 0 Å². The Morgan fingerprint density at radius 2 is 1.79 bits per heavy atom. The van der Waals surface area contributed by atoms with Gasteiger partial charge in [-0.25, -0.2) is 0 Å². The molecule has 2 rings (SSSR count). The third-order valence-electron chi connectivity index (χ3n) is 5.66. The molecule has 0 aliphatic carbocycles. The molecule has 1 N–H and O–H groups in total. The first-order chi connectivity index (χ1) is 9.03. The molecule has 0 saturated carbocycles. The van der Waals surface area contributed by atoms with Gasteiger partial charge in [0, 0.05) is 11.6 Å². The second-order valence-electron chi connectivity index (χ2n) is 7.47. The van der Waals surface area contributed by atoms with Gasteiger partial charge in [-0.15, -0.1) is 0 Å². The zero-order valence-electron chi connectivity index (χ0n) is 13.5. The van der Waals surface area contributed by atoms with E-state index in [4.69, 9.17) is 0 Å². The lowest BCUT2D eigenvalue weighted by molar-refractivity contribution is 0.0936. The van der Waals surface area contributed by atoms with E-state index in [-0.39, 0.29) is 0 Å². The predicted molar refractivity (Wildman–Crippen MR) is 83.5 cm³/mol. The molecule has 0 bridgehead atoms. The van der Waals surface area contributed by atoms with Crippen molar-refractivity contribution in [1.82, 2.24) is 10.2 Å². The number of rotatable bonds is 4. The average molecular weight is 266 g/mol. The van der Waals surface area contributed by atoms with E-state index >= 15 is 0 Å². The normalized spacial score (nSPS) is 31.3. The Morgan fingerprint density at radius 3 is 2.26 bits per heavy atom. The zero-order chi connectivity index (χ0) is 13.9. The van der Waals surface area contributed by atoms with Gasteiger partial charge in [0.1, 0.15) is 0 Å². The molecule has 112 valence electrons. The van der Waals surface area contributed by atoms with Crippen LogP contribution in [-0.4, -0.2) is 36.1 Å². The van der Waals surface area contributed by atoms with E-state index in [0.717, 1.165) is 17.9 Å². The van der Waals surface area contributed by atoms with Gasteiger partial charge in [0.2, 0.25) is 0 Å². The maximum Gasteiger partial charge on any atom is 0.0207 e. The van der Waals surface area contributed by atoms with Crippen molar-refractivity contribution in [3.05, 3.63) is 0 Å². The van der Waals surface area contributed by atoms with E-state index in [1.807, 2.05) is 0 Å². The van der Waals surface area contributed by atoms with E-state index in [2.05, 4.69) is 37.9 Å². The molecule has 0 aromatic carbocycles. The Balaban J connectivity index is 1.89. The highest BCUT2D eigenvalue weighted by Crippen LogP contribution is 2.36. The lowest BCUT2D eigenvalue weighted by atomic mass is 9.72. The Bertz CT molecular complexity index is 258. The first kappa shape index (κ1) is 15.3. The van der Waals surface area contributed by atoms with E-state index in [9.17, 15) is 0 Å². The number of hydrogen-bond acceptors (Lipinski definition) is 2. The van der Waals surface area contributed by atoms with Crippen LogP contribution in [0.5, 0.6) is 0 Å². The summed E-state index contributed by atoms with van der Waals surface area (Å²) in [6.07, 6.45) is 8.44. The van der Waals surface area contributed by atoms with Gasteiger partial charge in [-0.2, -0.15) is 0 Å². The number of piperidine rings is 2. The Hall–Kier alpha value is -0.0800. The molecule has 0 amide bonds. The number of hydrogen-bond donors (Lipinski definition) is 1. The van der Waals surface area contributed by atoms with Crippen LogP contribution in [0.3, 0.4) is 0 Å². The monoisotopic (exact) mass is 266 g/mol. The summed E-state index contributed by atoms with van der Waals surface area (Å²) in [4.78, 5) is 2.65. The molecule has 0 radical (unpaired) electrons. The van der Waals surface area contributed by atoms with Crippen LogP contribution in [-0.2, 0) is 0 Å². The van der Waals surface area contributed by atoms with Gasteiger partial charge < -0.3 is 10.2 Å². The van der Waals surface area contributed by atoms with E-state index < -0.39 is 0 Å². The van der Waals surface area contributed by atoms with Crippen LogP contribution >= 0.6 is 0 Å². The van der Waals surface area contributed by atoms with Crippen molar-refractivity contribution in [2.45, 2.75) is 77.8 Å². The van der Waals surface area contributed by atoms with Crippen LogP contribution in [0.4, 0.5) is 0 Å². The van der Waals surface area contributed by atoms with Crippen LogP contribution in [0.2, 0.25) is 0 Å². The minimum atomic E-state index is 0.447. The summed E-state index contributed by atoms with van der Waals surface area (Å²) in [6.45, 7) is 13.4. The average Bonchev–Trinajstić information content (AvgIpc) is 2.40. The molecule has 2 fully saturated rings. The Labute approximate surface area is 120 Å². The Morgan fingerprint density at radius 1 is 1.11 bits per heavy atom. The summed E-state index contributed by atoms with van der Waals surface area (Å²) in [7, 11) is 0. The van der Waals surface area contributed by atoms with E-state index in [0.29, 0.717) is 5.54 Å². The fourth-order valence-electron chi connectivity index (χ4n) is 4.08. The van der Waals surface area contributed by atoms with Crippen LogP contribution in [0.25, 0.3) is 0 Å². The van der Waals surface area contributed by atoms with Crippen molar-refractivity contribution < 1.29 is 0 Å². The first-order valence-corrected chi connectivity index (χ1v) is 8.52. The fraction of sp³-hybridized carbons (Fsp3) is 1.00. The molecule has 0 spiro atoms. The smallest absolute Gasteiger partial charge is 0.0207 e. The maximum atomic E-state index is 3.90. The van der Waals surface area contributed by atoms with Gasteiger partial charge in [-0.3, -0.25) is 0 Å². The minimum Gasteiger partial charge on any atom is -0.311 e. The van der Waals surface area contributed by atoms with Crippen LogP contribution in [0, 0.1) is 11.8 Å². The van der Waals surface area contributed by atoms with Gasteiger partial charge in [0.25, 0.3) is 0 Å². The summed E-state index contributed by atoms with van der Waals surface area (Å²) in [5.41, 5.74) is 0.447. The molecule has 1 atom stereocenters. The highest BCUT2D eigenvalue weighted by Gasteiger charge is 2.37. The molecule has 0 aromatic heterocycles. The lowest BCUT2D eigenvalue weighted by Crippen LogP contribution is -2.54. The molecule has 2 heterocycles. The molecule has 2 heteroatoms. The molecular weight excluding hydrogens is 232 g/mol. The summed E-state index contributed by atoms with van der Waals surface area (Å²) < 4.78 is 0. The van der Waals surface area contributed by atoms with Gasteiger partial charge in [0.15, 0.2) is 0 Å².